The van der Waals surface area contributed by atoms with Crippen molar-refractivity contribution in [3.63, 3.8) is 0 Å². The average Bonchev–Trinajstić information content (AvgIpc) is 3.90. The van der Waals surface area contributed by atoms with Crippen molar-refractivity contribution >= 4 is 23.6 Å². The SMILES string of the molecule is CCC(C)C(C(CC(=O)N1CCC[C@H]1C(OC)C(C)C(=O)NC(Cc1ccccc1)c1nn[nH]n1)OC)N(C)C(=O)C(NC(=O)C(C(C)C)N(C)C)C(C)N=[N+]=[N-]. The molecule has 1 aromatic carbocycles. The molecule has 9 unspecified atom stereocenters. The zero-order valence-electron chi connectivity index (χ0n) is 35.5. The number of benzene rings is 1. The number of amides is 4. The fraction of sp³-hybridized carbons (Fsp3) is 0.718. The van der Waals surface area contributed by atoms with Gasteiger partial charge in [0.2, 0.25) is 23.6 Å². The largest absolute Gasteiger partial charge is 0.379 e. The summed E-state index contributed by atoms with van der Waals surface area (Å²) in [6.45, 7) is 11.6. The Labute approximate surface area is 336 Å². The number of nitrogens with one attached hydrogen (secondary N) is 3. The molecule has 3 N–H and O–H groups in total. The maximum atomic E-state index is 14.4. The standard InChI is InChI=1S/C39H64N12O6/c1-12-24(4)34(50(9)39(55)32(26(6)43-46-40)42-38(54)33(23(2)3)49(7)8)30(56-10)22-31(52)51-20-16-19-29(51)35(57-11)25(5)37(53)41-28(36-44-47-48-45-36)21-27-17-14-13-15-18-27/h13-15,17-18,23-26,28-30,32-35H,12,16,19-22H2,1-11H3,(H,41,53)(H,42,54)(H,44,45,47,48)/t24?,25?,26?,28?,29-,30?,32?,33?,34?,35?/m0/s1. The number of aromatic amines is 1. The van der Waals surface area contributed by atoms with Gasteiger partial charge in [0.15, 0.2) is 5.82 Å². The van der Waals surface area contributed by atoms with E-state index in [0.29, 0.717) is 31.6 Å². The monoisotopic (exact) mass is 797 g/mol. The highest BCUT2D eigenvalue weighted by Gasteiger charge is 2.43. The molecule has 0 aliphatic carbocycles. The normalized spacial score (nSPS) is 19.0. The first-order chi connectivity index (χ1) is 27.1. The van der Waals surface area contributed by atoms with E-state index in [1.54, 1.807) is 51.9 Å². The number of azide groups is 1. The fourth-order valence-electron chi connectivity index (χ4n) is 8.11. The quantitative estimate of drug-likeness (QED) is 0.0896. The minimum Gasteiger partial charge on any atom is -0.379 e. The van der Waals surface area contributed by atoms with Crippen molar-refractivity contribution in [2.24, 2.45) is 22.9 Å². The van der Waals surface area contributed by atoms with Crippen LogP contribution in [0.1, 0.15) is 84.7 Å². The topological polar surface area (TPSA) is 224 Å². The number of tetrazole rings is 1. The van der Waals surface area contributed by atoms with E-state index in [9.17, 15) is 24.7 Å². The molecular weight excluding hydrogens is 733 g/mol. The molecular formula is C39H64N12O6. The number of nitrogens with zero attached hydrogens (tertiary/aromatic N) is 9. The van der Waals surface area contributed by atoms with Crippen molar-refractivity contribution in [1.29, 1.82) is 0 Å². The molecule has 57 heavy (non-hydrogen) atoms. The number of hydrogen-bond donors (Lipinski definition) is 3. The lowest BCUT2D eigenvalue weighted by Gasteiger charge is -2.41. The molecule has 2 heterocycles. The predicted molar refractivity (Wildman–Crippen MR) is 214 cm³/mol. The van der Waals surface area contributed by atoms with Crippen LogP contribution in [0.3, 0.4) is 0 Å². The zero-order valence-corrected chi connectivity index (χ0v) is 35.5. The summed E-state index contributed by atoms with van der Waals surface area (Å²) in [4.78, 5) is 64.0. The lowest BCUT2D eigenvalue weighted by atomic mass is 9.89. The molecule has 1 fully saturated rings. The van der Waals surface area contributed by atoms with E-state index in [0.717, 1.165) is 12.0 Å². The molecule has 3 rings (SSSR count). The van der Waals surface area contributed by atoms with Crippen molar-refractivity contribution < 1.29 is 28.7 Å². The van der Waals surface area contributed by atoms with Crippen LogP contribution in [0.5, 0.6) is 0 Å². The Morgan fingerprint density at radius 2 is 1.72 bits per heavy atom. The van der Waals surface area contributed by atoms with Gasteiger partial charge in [-0.15, -0.1) is 10.2 Å². The molecule has 10 atom stereocenters. The number of carbonyl (C=O) groups is 4. The van der Waals surface area contributed by atoms with Gasteiger partial charge in [-0.25, -0.2) is 0 Å². The first-order valence-corrected chi connectivity index (χ1v) is 19.8. The van der Waals surface area contributed by atoms with Crippen LogP contribution in [0.4, 0.5) is 0 Å². The summed E-state index contributed by atoms with van der Waals surface area (Å²) in [5.41, 5.74) is 10.3. The van der Waals surface area contributed by atoms with E-state index in [2.05, 4.69) is 41.3 Å². The molecule has 0 bridgehead atoms. The molecule has 18 nitrogen and oxygen atoms in total. The molecule has 4 amide bonds. The summed E-state index contributed by atoms with van der Waals surface area (Å²) in [5.74, 6) is -1.78. The first kappa shape index (κ1) is 46.7. The molecule has 1 aliphatic rings. The van der Waals surface area contributed by atoms with Gasteiger partial charge in [0.25, 0.3) is 0 Å². The van der Waals surface area contributed by atoms with Gasteiger partial charge in [0.1, 0.15) is 6.04 Å². The summed E-state index contributed by atoms with van der Waals surface area (Å²) in [6, 6.07) is 5.57. The van der Waals surface area contributed by atoms with Gasteiger partial charge in [-0.1, -0.05) is 88.6 Å². The number of ether oxygens (including phenoxy) is 2. The lowest BCUT2D eigenvalue weighted by Crippen LogP contribution is -2.60. The van der Waals surface area contributed by atoms with Crippen molar-refractivity contribution in [3.05, 3.63) is 52.2 Å². The van der Waals surface area contributed by atoms with Crippen LogP contribution in [0.25, 0.3) is 10.4 Å². The van der Waals surface area contributed by atoms with E-state index in [1.165, 1.54) is 12.0 Å². The van der Waals surface area contributed by atoms with Crippen LogP contribution < -0.4 is 10.6 Å². The number of methoxy groups -OCH3 is 2. The van der Waals surface area contributed by atoms with E-state index in [1.807, 2.05) is 58.0 Å². The van der Waals surface area contributed by atoms with Crippen LogP contribution in [0.2, 0.25) is 0 Å². The minimum absolute atomic E-state index is 0.0490. The highest BCUT2D eigenvalue weighted by atomic mass is 16.5. The Balaban J connectivity index is 1.83. The average molecular weight is 797 g/mol. The van der Waals surface area contributed by atoms with E-state index in [-0.39, 0.29) is 36.0 Å². The van der Waals surface area contributed by atoms with Gasteiger partial charge >= 0.3 is 0 Å². The second kappa shape index (κ2) is 22.3. The number of rotatable bonds is 22. The number of carbonyl (C=O) groups excluding carboxylic acids is 4. The Hall–Kier alpha value is -4.64. The van der Waals surface area contributed by atoms with E-state index < -0.39 is 60.3 Å². The van der Waals surface area contributed by atoms with Crippen LogP contribution >= 0.6 is 0 Å². The third-order valence-corrected chi connectivity index (χ3v) is 11.3. The summed E-state index contributed by atoms with van der Waals surface area (Å²) in [6.07, 6.45) is 1.06. The Kier molecular flexibility index (Phi) is 18.3. The van der Waals surface area contributed by atoms with Crippen LogP contribution in [-0.4, -0.2) is 143 Å². The molecule has 316 valence electrons. The van der Waals surface area contributed by atoms with Gasteiger partial charge in [-0.2, -0.15) is 5.21 Å². The van der Waals surface area contributed by atoms with Crippen molar-refractivity contribution in [2.45, 2.75) is 122 Å². The highest BCUT2D eigenvalue weighted by molar-refractivity contribution is 5.90. The van der Waals surface area contributed by atoms with Crippen molar-refractivity contribution in [2.75, 3.05) is 41.9 Å². The second-order valence-electron chi connectivity index (χ2n) is 15.7. The fourth-order valence-corrected chi connectivity index (χ4v) is 8.11. The first-order valence-electron chi connectivity index (χ1n) is 19.8. The maximum absolute atomic E-state index is 14.4. The predicted octanol–water partition coefficient (Wildman–Crippen LogP) is 3.29. The molecule has 1 aromatic heterocycles. The van der Waals surface area contributed by atoms with Crippen LogP contribution in [0, 0.1) is 17.8 Å². The van der Waals surface area contributed by atoms with E-state index >= 15 is 0 Å². The lowest BCUT2D eigenvalue weighted by molar-refractivity contribution is -0.147. The molecule has 1 aliphatic heterocycles. The zero-order chi connectivity index (χ0) is 42.4. The Morgan fingerprint density at radius 1 is 1.04 bits per heavy atom. The van der Waals surface area contributed by atoms with E-state index in [4.69, 9.17) is 9.47 Å². The molecule has 2 aromatic rings. The van der Waals surface area contributed by atoms with Gasteiger partial charge in [-0.3, -0.25) is 24.1 Å². The van der Waals surface area contributed by atoms with Crippen LogP contribution in [0.15, 0.2) is 35.4 Å². The molecule has 0 saturated carbocycles. The summed E-state index contributed by atoms with van der Waals surface area (Å²) < 4.78 is 12.0. The molecule has 1 saturated heterocycles. The summed E-state index contributed by atoms with van der Waals surface area (Å²) in [7, 11) is 8.27. The highest BCUT2D eigenvalue weighted by Crippen LogP contribution is 2.30. The molecule has 18 heteroatoms. The minimum atomic E-state index is -1.16. The number of hydrogen-bond acceptors (Lipinski definition) is 11. The van der Waals surface area contributed by atoms with Gasteiger partial charge in [0, 0.05) is 39.1 Å². The summed E-state index contributed by atoms with van der Waals surface area (Å²) in [5, 5.41) is 24.1. The second-order valence-corrected chi connectivity index (χ2v) is 15.7. The van der Waals surface area contributed by atoms with Crippen LogP contribution in [-0.2, 0) is 35.1 Å². The number of H-pyrrole nitrogens is 1. The molecule has 0 radical (unpaired) electrons. The summed E-state index contributed by atoms with van der Waals surface area (Å²) >= 11 is 0. The number of likely N-dealkylation sites (N-methyl/N-ethyl adjacent to an activating group) is 2. The number of likely N-dealkylation sites (tertiary alicyclic amines) is 1. The molecule has 0 spiro atoms. The third kappa shape index (κ3) is 12.2. The van der Waals surface area contributed by atoms with Crippen molar-refractivity contribution in [3.8, 4) is 0 Å². The Morgan fingerprint density at radius 3 is 2.26 bits per heavy atom. The number of aromatic nitrogens is 4. The smallest absolute Gasteiger partial charge is 0.245 e. The van der Waals surface area contributed by atoms with Gasteiger partial charge in [0.05, 0.1) is 54.8 Å². The van der Waals surface area contributed by atoms with Gasteiger partial charge in [-0.05, 0) is 49.9 Å². The third-order valence-electron chi connectivity index (χ3n) is 11.3. The van der Waals surface area contributed by atoms with Gasteiger partial charge < -0.3 is 29.9 Å². The Bertz CT molecular complexity index is 1610. The van der Waals surface area contributed by atoms with Crippen molar-refractivity contribution in [1.82, 2.24) is 46.0 Å². The maximum Gasteiger partial charge on any atom is 0.245 e.